The smallest absolute Gasteiger partial charge is 0.433 e. The number of carbonyl (C=O) groups excluding carboxylic acids is 2. The van der Waals surface area contributed by atoms with E-state index >= 15 is 0 Å². The number of aromatic nitrogens is 3. The summed E-state index contributed by atoms with van der Waals surface area (Å²) < 4.78 is 44.0. The zero-order valence-electron chi connectivity index (χ0n) is 23.9. The van der Waals surface area contributed by atoms with Gasteiger partial charge >= 0.3 is 12.1 Å². The summed E-state index contributed by atoms with van der Waals surface area (Å²) in [6.45, 7) is 1.87. The van der Waals surface area contributed by atoms with Crippen molar-refractivity contribution < 1.29 is 32.6 Å². The Bertz CT molecular complexity index is 1460. The number of ether oxygens (including phenoxy) is 1. The molecule has 2 aliphatic rings. The van der Waals surface area contributed by atoms with Crippen LogP contribution in [-0.4, -0.2) is 45.1 Å². The Labute approximate surface area is 251 Å². The number of hydrogen-bond donors (Lipinski definition) is 3. The van der Waals surface area contributed by atoms with Gasteiger partial charge < -0.3 is 20.5 Å². The van der Waals surface area contributed by atoms with Gasteiger partial charge in [-0.15, -0.1) is 11.3 Å². The third kappa shape index (κ3) is 7.32. The summed E-state index contributed by atoms with van der Waals surface area (Å²) in [5.74, 6) is -0.607. The van der Waals surface area contributed by atoms with E-state index < -0.39 is 17.5 Å². The van der Waals surface area contributed by atoms with Crippen molar-refractivity contribution in [3.05, 3.63) is 52.9 Å². The summed E-state index contributed by atoms with van der Waals surface area (Å²) >= 11 is 1.37. The van der Waals surface area contributed by atoms with E-state index in [1.807, 2.05) is 13.0 Å². The van der Waals surface area contributed by atoms with Gasteiger partial charge in [0.2, 0.25) is 11.9 Å². The van der Waals surface area contributed by atoms with Gasteiger partial charge in [-0.3, -0.25) is 9.59 Å². The standard InChI is InChI=1S/C30H34F3N5O4S/c1-17-13-20(15-22(14-17)37-28-34-12-9-24(38-28)30(31,32)33)23-16-35-27(43-23)29(41)10-7-21(8-11-29)36-25(39)18-3-5-19(6-4-18)26(40)42-2/h9,12-16,18-19,21,41H,3-8,10-11H2,1-2H3,(H,36,39)(H,34,37,38)/t18?,19?,21-,29+. The average Bonchev–Trinajstić information content (AvgIpc) is 3.49. The summed E-state index contributed by atoms with van der Waals surface area (Å²) in [5, 5.41) is 18.1. The molecule has 0 aliphatic heterocycles. The van der Waals surface area contributed by atoms with Gasteiger partial charge in [0.15, 0.2) is 0 Å². The maximum absolute atomic E-state index is 13.1. The number of thiazole rings is 1. The van der Waals surface area contributed by atoms with E-state index in [1.54, 1.807) is 18.3 Å². The first-order valence-electron chi connectivity index (χ1n) is 14.3. The van der Waals surface area contributed by atoms with Crippen molar-refractivity contribution in [3.8, 4) is 10.4 Å². The number of nitrogens with zero attached hydrogens (tertiary/aromatic N) is 3. The Balaban J connectivity index is 1.19. The van der Waals surface area contributed by atoms with Crippen molar-refractivity contribution in [2.75, 3.05) is 12.4 Å². The van der Waals surface area contributed by atoms with E-state index in [0.29, 0.717) is 62.1 Å². The summed E-state index contributed by atoms with van der Waals surface area (Å²) in [4.78, 5) is 37.5. The number of methoxy groups -OCH3 is 1. The molecule has 0 bridgehead atoms. The van der Waals surface area contributed by atoms with Crippen LogP contribution in [0.5, 0.6) is 0 Å². The molecule has 0 saturated heterocycles. The topological polar surface area (TPSA) is 126 Å². The Hall–Kier alpha value is -3.58. The number of rotatable bonds is 7. The highest BCUT2D eigenvalue weighted by molar-refractivity contribution is 7.15. The van der Waals surface area contributed by atoms with Gasteiger partial charge in [-0.25, -0.2) is 15.0 Å². The molecule has 0 unspecified atom stereocenters. The minimum atomic E-state index is -4.58. The van der Waals surface area contributed by atoms with Crippen LogP contribution < -0.4 is 10.6 Å². The first-order valence-corrected chi connectivity index (χ1v) is 15.1. The highest BCUT2D eigenvalue weighted by Crippen LogP contribution is 2.42. The van der Waals surface area contributed by atoms with Crippen LogP contribution in [0.15, 0.2) is 36.7 Å². The molecule has 9 nitrogen and oxygen atoms in total. The van der Waals surface area contributed by atoms with Crippen molar-refractivity contribution in [3.63, 3.8) is 0 Å². The van der Waals surface area contributed by atoms with E-state index in [-0.39, 0.29) is 35.7 Å². The highest BCUT2D eigenvalue weighted by atomic mass is 32.1. The van der Waals surface area contributed by atoms with Crippen molar-refractivity contribution >= 4 is 34.8 Å². The fourth-order valence-corrected chi connectivity index (χ4v) is 6.91. The van der Waals surface area contributed by atoms with Gasteiger partial charge in [-0.1, -0.05) is 6.07 Å². The van der Waals surface area contributed by atoms with Crippen LogP contribution in [0.3, 0.4) is 0 Å². The molecule has 1 amide bonds. The second kappa shape index (κ2) is 12.6. The molecule has 0 radical (unpaired) electrons. The number of carbonyl (C=O) groups is 2. The first kappa shape index (κ1) is 30.9. The molecule has 3 N–H and O–H groups in total. The molecular weight excluding hydrogens is 583 g/mol. The number of alkyl halides is 3. The largest absolute Gasteiger partial charge is 0.469 e. The van der Waals surface area contributed by atoms with Crippen LogP contribution in [0.25, 0.3) is 10.4 Å². The fraction of sp³-hybridized carbons (Fsp3) is 0.500. The molecule has 3 aromatic rings. The number of esters is 1. The van der Waals surface area contributed by atoms with Crippen molar-refractivity contribution in [1.82, 2.24) is 20.3 Å². The SMILES string of the molecule is COC(=O)C1CCC(C(=O)N[C@H]2CC[C@](O)(c3ncc(-c4cc(C)cc(Nc5nccc(C(F)(F)F)n5)c4)s3)CC2)CC1. The van der Waals surface area contributed by atoms with Crippen LogP contribution in [0.2, 0.25) is 0 Å². The Morgan fingerprint density at radius 1 is 1.05 bits per heavy atom. The maximum atomic E-state index is 13.1. The Morgan fingerprint density at radius 3 is 2.42 bits per heavy atom. The number of benzene rings is 1. The fourth-order valence-electron chi connectivity index (χ4n) is 5.86. The zero-order chi connectivity index (χ0) is 30.8. The van der Waals surface area contributed by atoms with E-state index in [1.165, 1.54) is 18.4 Å². The van der Waals surface area contributed by atoms with Crippen LogP contribution in [0.4, 0.5) is 24.8 Å². The lowest BCUT2D eigenvalue weighted by Gasteiger charge is -2.36. The third-order valence-electron chi connectivity index (χ3n) is 8.26. The van der Waals surface area contributed by atoms with Crippen molar-refractivity contribution in [2.24, 2.45) is 11.8 Å². The van der Waals surface area contributed by atoms with Gasteiger partial charge in [0.25, 0.3) is 0 Å². The second-order valence-corrected chi connectivity index (χ2v) is 12.4. The zero-order valence-corrected chi connectivity index (χ0v) is 24.7. The molecule has 13 heteroatoms. The third-order valence-corrected chi connectivity index (χ3v) is 9.50. The van der Waals surface area contributed by atoms with Crippen LogP contribution in [0, 0.1) is 18.8 Å². The van der Waals surface area contributed by atoms with Crippen LogP contribution >= 0.6 is 11.3 Å². The van der Waals surface area contributed by atoms with E-state index in [4.69, 9.17) is 4.74 Å². The van der Waals surface area contributed by atoms with Gasteiger partial charge in [0.1, 0.15) is 16.3 Å². The monoisotopic (exact) mass is 617 g/mol. The maximum Gasteiger partial charge on any atom is 0.433 e. The minimum Gasteiger partial charge on any atom is -0.469 e. The molecule has 0 spiro atoms. The average molecular weight is 618 g/mol. The van der Waals surface area contributed by atoms with E-state index in [9.17, 15) is 27.9 Å². The number of hydrogen-bond acceptors (Lipinski definition) is 9. The second-order valence-electron chi connectivity index (χ2n) is 11.4. The van der Waals surface area contributed by atoms with Gasteiger partial charge in [-0.05, 0) is 87.6 Å². The number of aryl methyl sites for hydroxylation is 1. The lowest BCUT2D eigenvalue weighted by Crippen LogP contribution is -2.45. The minimum absolute atomic E-state index is 0.00897. The normalized spacial score (nSPS) is 24.3. The molecule has 2 aromatic heterocycles. The summed E-state index contributed by atoms with van der Waals surface area (Å²) in [5.41, 5.74) is 0.0492. The van der Waals surface area contributed by atoms with E-state index in [2.05, 4.69) is 25.6 Å². The number of halogens is 3. The molecule has 5 rings (SSSR count). The molecule has 2 fully saturated rings. The predicted molar refractivity (Wildman–Crippen MR) is 154 cm³/mol. The lowest BCUT2D eigenvalue weighted by molar-refractivity contribution is -0.147. The molecule has 2 heterocycles. The molecule has 2 saturated carbocycles. The Kier molecular flexibility index (Phi) is 9.02. The first-order chi connectivity index (χ1) is 20.4. The molecule has 0 atom stereocenters. The molecule has 230 valence electrons. The number of aliphatic hydroxyl groups is 1. The molecular formula is C30H34F3N5O4S. The quantitative estimate of drug-likeness (QED) is 0.280. The van der Waals surface area contributed by atoms with Gasteiger partial charge in [-0.2, -0.15) is 13.2 Å². The Morgan fingerprint density at radius 2 is 1.74 bits per heavy atom. The van der Waals surface area contributed by atoms with Crippen LogP contribution in [-0.2, 0) is 26.1 Å². The number of nitrogens with one attached hydrogen (secondary N) is 2. The molecule has 2 aliphatic carbocycles. The predicted octanol–water partition coefficient (Wildman–Crippen LogP) is 5.90. The lowest BCUT2D eigenvalue weighted by atomic mass is 9.80. The number of amides is 1. The summed E-state index contributed by atoms with van der Waals surface area (Å²) in [6.07, 6.45) is 2.93. The van der Waals surface area contributed by atoms with E-state index in [0.717, 1.165) is 28.3 Å². The van der Waals surface area contributed by atoms with Gasteiger partial charge in [0.05, 0.1) is 17.9 Å². The van der Waals surface area contributed by atoms with Crippen molar-refractivity contribution in [1.29, 1.82) is 0 Å². The molecule has 43 heavy (non-hydrogen) atoms. The summed E-state index contributed by atoms with van der Waals surface area (Å²) in [7, 11) is 1.39. The highest BCUT2D eigenvalue weighted by Gasteiger charge is 2.39. The molecule has 1 aromatic carbocycles. The number of anilines is 2. The van der Waals surface area contributed by atoms with Crippen LogP contribution in [0.1, 0.15) is 67.6 Å². The van der Waals surface area contributed by atoms with Crippen molar-refractivity contribution in [2.45, 2.75) is 76.1 Å². The summed E-state index contributed by atoms with van der Waals surface area (Å²) in [6, 6.07) is 6.28. The van der Waals surface area contributed by atoms with Gasteiger partial charge in [0, 0.05) is 30.0 Å².